The minimum absolute atomic E-state index is 0.00411. The van der Waals surface area contributed by atoms with Crippen molar-refractivity contribution < 1.29 is 18.9 Å². The number of hydrogen-bond donors (Lipinski definition) is 1. The van der Waals surface area contributed by atoms with E-state index in [9.17, 15) is 19.7 Å². The van der Waals surface area contributed by atoms with Crippen molar-refractivity contribution in [1.29, 1.82) is 0 Å². The quantitative estimate of drug-likeness (QED) is 0.200. The number of nitro benzene ring substituents is 1. The van der Waals surface area contributed by atoms with Crippen LogP contribution < -0.4 is 5.32 Å². The van der Waals surface area contributed by atoms with Crippen molar-refractivity contribution >= 4 is 52.5 Å². The van der Waals surface area contributed by atoms with Crippen molar-refractivity contribution in [1.82, 2.24) is 10.2 Å². The van der Waals surface area contributed by atoms with E-state index in [0.29, 0.717) is 5.56 Å². The van der Waals surface area contributed by atoms with E-state index < -0.39 is 16.7 Å². The molecule has 2 amide bonds. The van der Waals surface area contributed by atoms with E-state index >= 15 is 0 Å². The summed E-state index contributed by atoms with van der Waals surface area (Å²) in [7, 11) is 0. The Kier molecular flexibility index (Phi) is 5.39. The highest BCUT2D eigenvalue weighted by Crippen LogP contribution is 2.33. The first kappa shape index (κ1) is 19.5. The number of carbonyl (C=O) groups excluding carboxylic acids is 2. The van der Waals surface area contributed by atoms with E-state index in [4.69, 9.17) is 28.2 Å². The molecule has 1 aliphatic rings. The Hall–Kier alpha value is -3.30. The molecule has 1 N–H and O–H groups in total. The summed E-state index contributed by atoms with van der Waals surface area (Å²) >= 11 is 11.1. The largest absolute Gasteiger partial charge is 0.457 e. The first-order valence-electron chi connectivity index (χ1n) is 7.85. The first-order chi connectivity index (χ1) is 13.3. The standard InChI is InChI=1S/C18H12ClN3O5S/c1-2-7-21-17(24)13(16(23)20-18(21)28)9-11-4-6-15(27-11)12-8-10(22(25)26)3-5-14(12)19/h2-6,8-9H,1,7H2,(H,20,23,28)/b13-9+. The molecule has 1 saturated heterocycles. The maximum absolute atomic E-state index is 12.5. The van der Waals surface area contributed by atoms with Gasteiger partial charge in [-0.3, -0.25) is 29.9 Å². The minimum Gasteiger partial charge on any atom is -0.457 e. The number of rotatable bonds is 5. The number of benzene rings is 1. The molecule has 1 fully saturated rings. The van der Waals surface area contributed by atoms with Gasteiger partial charge in [0.2, 0.25) is 0 Å². The van der Waals surface area contributed by atoms with Crippen molar-refractivity contribution in [2.45, 2.75) is 0 Å². The van der Waals surface area contributed by atoms with Gasteiger partial charge in [-0.2, -0.15) is 0 Å². The average molecular weight is 418 g/mol. The molecular formula is C18H12ClN3O5S. The fourth-order valence-corrected chi connectivity index (χ4v) is 2.98. The number of non-ortho nitro benzene ring substituents is 1. The number of halogens is 1. The summed E-state index contributed by atoms with van der Waals surface area (Å²) in [6.45, 7) is 3.69. The summed E-state index contributed by atoms with van der Waals surface area (Å²) in [5.41, 5.74) is 0.00186. The number of carbonyl (C=O) groups is 2. The van der Waals surface area contributed by atoms with Crippen LogP contribution >= 0.6 is 23.8 Å². The van der Waals surface area contributed by atoms with Gasteiger partial charge in [0.25, 0.3) is 17.5 Å². The molecular weight excluding hydrogens is 406 g/mol. The van der Waals surface area contributed by atoms with Crippen molar-refractivity contribution in [3.05, 3.63) is 69.5 Å². The number of thiocarbonyl (C=S) groups is 1. The van der Waals surface area contributed by atoms with Gasteiger partial charge in [-0.25, -0.2) is 0 Å². The summed E-state index contributed by atoms with van der Waals surface area (Å²) in [4.78, 5) is 36.3. The molecule has 2 aromatic rings. The molecule has 8 nitrogen and oxygen atoms in total. The van der Waals surface area contributed by atoms with Crippen molar-refractivity contribution in [2.24, 2.45) is 0 Å². The lowest BCUT2D eigenvalue weighted by Gasteiger charge is -2.27. The van der Waals surface area contributed by atoms with E-state index in [1.165, 1.54) is 47.4 Å². The van der Waals surface area contributed by atoms with Crippen LogP contribution in [0.4, 0.5) is 5.69 Å². The predicted octanol–water partition coefficient (Wildman–Crippen LogP) is 3.32. The maximum Gasteiger partial charge on any atom is 0.270 e. The predicted molar refractivity (Wildman–Crippen MR) is 106 cm³/mol. The van der Waals surface area contributed by atoms with Gasteiger partial charge in [0.1, 0.15) is 17.1 Å². The fourth-order valence-electron chi connectivity index (χ4n) is 2.52. The molecule has 0 atom stereocenters. The zero-order valence-electron chi connectivity index (χ0n) is 14.2. The smallest absolute Gasteiger partial charge is 0.270 e. The van der Waals surface area contributed by atoms with Crippen LogP contribution in [0.2, 0.25) is 5.02 Å². The summed E-state index contributed by atoms with van der Waals surface area (Å²) in [5.74, 6) is -0.785. The van der Waals surface area contributed by atoms with Gasteiger partial charge in [0.05, 0.1) is 9.95 Å². The molecule has 3 rings (SSSR count). The fraction of sp³-hybridized carbons (Fsp3) is 0.0556. The highest BCUT2D eigenvalue weighted by molar-refractivity contribution is 7.80. The molecule has 0 radical (unpaired) electrons. The molecule has 0 bridgehead atoms. The molecule has 1 aromatic carbocycles. The number of amides is 2. The van der Waals surface area contributed by atoms with Crippen LogP contribution in [-0.4, -0.2) is 33.3 Å². The minimum atomic E-state index is -0.651. The lowest BCUT2D eigenvalue weighted by molar-refractivity contribution is -0.384. The van der Waals surface area contributed by atoms with Crippen LogP contribution in [-0.2, 0) is 9.59 Å². The third-order valence-electron chi connectivity index (χ3n) is 3.84. The van der Waals surface area contributed by atoms with Gasteiger partial charge in [0, 0.05) is 24.2 Å². The van der Waals surface area contributed by atoms with Crippen molar-refractivity contribution in [2.75, 3.05) is 6.54 Å². The van der Waals surface area contributed by atoms with Gasteiger partial charge in [0.15, 0.2) is 5.11 Å². The number of furan rings is 1. The molecule has 0 saturated carbocycles. The third-order valence-corrected chi connectivity index (χ3v) is 4.49. The molecule has 28 heavy (non-hydrogen) atoms. The first-order valence-corrected chi connectivity index (χ1v) is 8.64. The van der Waals surface area contributed by atoms with Gasteiger partial charge >= 0.3 is 0 Å². The van der Waals surface area contributed by atoms with Crippen LogP contribution in [0.1, 0.15) is 5.76 Å². The zero-order chi connectivity index (χ0) is 20.4. The number of nitro groups is 1. The van der Waals surface area contributed by atoms with Crippen molar-refractivity contribution in [3.63, 3.8) is 0 Å². The Morgan fingerprint density at radius 1 is 1.32 bits per heavy atom. The molecule has 0 unspecified atom stereocenters. The van der Waals surface area contributed by atoms with Gasteiger partial charge in [-0.15, -0.1) is 6.58 Å². The van der Waals surface area contributed by atoms with Gasteiger partial charge in [-0.05, 0) is 36.5 Å². The second-order valence-corrected chi connectivity index (χ2v) is 6.44. The second kappa shape index (κ2) is 7.75. The lowest BCUT2D eigenvalue weighted by atomic mass is 10.1. The van der Waals surface area contributed by atoms with Crippen molar-refractivity contribution in [3.8, 4) is 11.3 Å². The second-order valence-electron chi connectivity index (χ2n) is 5.64. The highest BCUT2D eigenvalue weighted by atomic mass is 35.5. The van der Waals surface area contributed by atoms with Crippen LogP contribution in [0.3, 0.4) is 0 Å². The number of nitrogens with zero attached hydrogens (tertiary/aromatic N) is 2. The van der Waals surface area contributed by atoms with E-state index in [1.54, 1.807) is 0 Å². The maximum atomic E-state index is 12.5. The zero-order valence-corrected chi connectivity index (χ0v) is 15.7. The molecule has 2 heterocycles. The Balaban J connectivity index is 1.96. The molecule has 0 spiro atoms. The van der Waals surface area contributed by atoms with Gasteiger partial charge < -0.3 is 4.42 Å². The van der Waals surface area contributed by atoms with E-state index in [2.05, 4.69) is 11.9 Å². The van der Waals surface area contributed by atoms with Crippen LogP contribution in [0.25, 0.3) is 17.4 Å². The van der Waals surface area contributed by atoms with Crippen LogP contribution in [0.5, 0.6) is 0 Å². The molecule has 10 heteroatoms. The number of hydrogen-bond acceptors (Lipinski definition) is 6. The topological polar surface area (TPSA) is 106 Å². The van der Waals surface area contributed by atoms with Gasteiger partial charge in [-0.1, -0.05) is 17.7 Å². The van der Waals surface area contributed by atoms with E-state index in [0.717, 1.165) is 0 Å². The van der Waals surface area contributed by atoms with Crippen LogP contribution in [0.15, 0.2) is 53.0 Å². The molecule has 0 aliphatic carbocycles. The lowest BCUT2D eigenvalue weighted by Crippen LogP contribution is -2.53. The normalized spacial score (nSPS) is 15.7. The number of nitrogens with one attached hydrogen (secondary N) is 1. The van der Waals surface area contributed by atoms with Crippen LogP contribution in [0, 0.1) is 10.1 Å². The molecule has 142 valence electrons. The Morgan fingerprint density at radius 2 is 2.07 bits per heavy atom. The van der Waals surface area contributed by atoms with E-state index in [1.807, 2.05) is 0 Å². The summed E-state index contributed by atoms with van der Waals surface area (Å²) in [5, 5.41) is 13.6. The van der Waals surface area contributed by atoms with E-state index in [-0.39, 0.29) is 39.5 Å². The third kappa shape index (κ3) is 3.71. The Bertz CT molecular complexity index is 1060. The summed E-state index contributed by atoms with van der Waals surface area (Å²) in [6.07, 6.45) is 2.75. The Morgan fingerprint density at radius 3 is 2.75 bits per heavy atom. The monoisotopic (exact) mass is 417 g/mol. The highest BCUT2D eigenvalue weighted by Gasteiger charge is 2.32. The SMILES string of the molecule is C=CCN1C(=O)/C(=C/c2ccc(-c3cc([N+](=O)[O-])ccc3Cl)o2)C(=O)NC1=S. The summed E-state index contributed by atoms with van der Waals surface area (Å²) < 4.78 is 5.62. The Labute approximate surface area is 169 Å². The molecule has 1 aliphatic heterocycles. The average Bonchev–Trinajstić information content (AvgIpc) is 3.11. The summed E-state index contributed by atoms with van der Waals surface area (Å²) in [6, 6.07) is 7.00. The molecule has 1 aromatic heterocycles.